The Morgan fingerprint density at radius 2 is 2.21 bits per heavy atom. The smallest absolute Gasteiger partial charge is 0.216 e. The van der Waals surface area contributed by atoms with Gasteiger partial charge in [0.1, 0.15) is 10.4 Å². The number of anilines is 1. The van der Waals surface area contributed by atoms with E-state index in [-0.39, 0.29) is 5.91 Å². The van der Waals surface area contributed by atoms with Crippen molar-refractivity contribution in [2.24, 2.45) is 0 Å². The lowest BCUT2D eigenvalue weighted by Crippen LogP contribution is -2.26. The van der Waals surface area contributed by atoms with Crippen molar-refractivity contribution >= 4 is 27.7 Å². The van der Waals surface area contributed by atoms with Gasteiger partial charge in [-0.2, -0.15) is 0 Å². The number of hydrogen-bond donors (Lipinski definition) is 2. The monoisotopic (exact) mass is 258 g/mol. The van der Waals surface area contributed by atoms with Crippen LogP contribution in [0.25, 0.3) is 0 Å². The molecule has 0 aliphatic carbocycles. The Bertz CT molecular complexity index is 301. The second-order valence-corrected chi connectivity index (χ2v) is 3.45. The highest BCUT2D eigenvalue weighted by Gasteiger charge is 1.94. The van der Waals surface area contributed by atoms with E-state index in [0.717, 1.165) is 0 Å². The average Bonchev–Trinajstić information content (AvgIpc) is 2.15. The first-order valence-electron chi connectivity index (χ1n) is 4.14. The van der Waals surface area contributed by atoms with Gasteiger partial charge in [0.2, 0.25) is 5.91 Å². The Balaban J connectivity index is 2.25. The number of carbonyl (C=O) groups excluding carboxylic acids is 1. The first-order valence-corrected chi connectivity index (χ1v) is 4.93. The molecule has 0 spiro atoms. The highest BCUT2D eigenvalue weighted by atomic mass is 79.9. The molecule has 0 aliphatic rings. The van der Waals surface area contributed by atoms with Crippen LogP contribution in [-0.4, -0.2) is 29.0 Å². The lowest BCUT2D eigenvalue weighted by molar-refractivity contribution is -0.118. The predicted octanol–water partition coefficient (Wildman–Crippen LogP) is 0.787. The minimum atomic E-state index is -0.0336. The SMILES string of the molecule is CC(=O)NCCNc1cnc(Br)cn1. The first kappa shape index (κ1) is 10.9. The molecule has 0 radical (unpaired) electrons. The summed E-state index contributed by atoms with van der Waals surface area (Å²) in [5, 5.41) is 5.69. The van der Waals surface area contributed by atoms with Crippen LogP contribution in [0.15, 0.2) is 17.0 Å². The molecule has 0 fully saturated rings. The lowest BCUT2D eigenvalue weighted by Gasteiger charge is -2.04. The van der Waals surface area contributed by atoms with E-state index in [4.69, 9.17) is 0 Å². The molecule has 5 nitrogen and oxygen atoms in total. The normalized spacial score (nSPS) is 9.57. The maximum atomic E-state index is 10.5. The third kappa shape index (κ3) is 4.18. The first-order chi connectivity index (χ1) is 6.68. The van der Waals surface area contributed by atoms with Gasteiger partial charge in [-0.1, -0.05) is 0 Å². The largest absolute Gasteiger partial charge is 0.367 e. The molecule has 14 heavy (non-hydrogen) atoms. The Kier molecular flexibility index (Phi) is 4.31. The van der Waals surface area contributed by atoms with Crippen molar-refractivity contribution < 1.29 is 4.79 Å². The summed E-state index contributed by atoms with van der Waals surface area (Å²) in [5.74, 6) is 0.659. The van der Waals surface area contributed by atoms with Gasteiger partial charge < -0.3 is 10.6 Å². The number of halogens is 1. The zero-order valence-electron chi connectivity index (χ0n) is 7.75. The van der Waals surface area contributed by atoms with Crippen LogP contribution in [0.1, 0.15) is 6.92 Å². The average molecular weight is 259 g/mol. The fraction of sp³-hybridized carbons (Fsp3) is 0.375. The predicted molar refractivity (Wildman–Crippen MR) is 56.9 cm³/mol. The van der Waals surface area contributed by atoms with Crippen LogP contribution in [0.2, 0.25) is 0 Å². The van der Waals surface area contributed by atoms with E-state index in [9.17, 15) is 4.79 Å². The van der Waals surface area contributed by atoms with Crippen molar-refractivity contribution in [1.82, 2.24) is 15.3 Å². The molecule has 0 unspecified atom stereocenters. The topological polar surface area (TPSA) is 66.9 Å². The van der Waals surface area contributed by atoms with Crippen molar-refractivity contribution in [1.29, 1.82) is 0 Å². The van der Waals surface area contributed by atoms with Gasteiger partial charge >= 0.3 is 0 Å². The van der Waals surface area contributed by atoms with Gasteiger partial charge in [0.05, 0.1) is 12.4 Å². The summed E-state index contributed by atoms with van der Waals surface area (Å²) in [6.07, 6.45) is 3.23. The molecule has 2 N–H and O–H groups in total. The van der Waals surface area contributed by atoms with Gasteiger partial charge in [-0.25, -0.2) is 9.97 Å². The summed E-state index contributed by atoms with van der Waals surface area (Å²) < 4.78 is 0.699. The second-order valence-electron chi connectivity index (χ2n) is 2.63. The molecule has 1 amide bonds. The van der Waals surface area contributed by atoms with Crippen molar-refractivity contribution in [3.05, 3.63) is 17.0 Å². The van der Waals surface area contributed by atoms with Gasteiger partial charge in [-0.05, 0) is 15.9 Å². The molecule has 1 aromatic heterocycles. The second kappa shape index (κ2) is 5.54. The van der Waals surface area contributed by atoms with Crippen molar-refractivity contribution in [2.45, 2.75) is 6.92 Å². The Hall–Kier alpha value is -1.17. The number of carbonyl (C=O) groups is 1. The summed E-state index contributed by atoms with van der Waals surface area (Å²) in [6, 6.07) is 0. The summed E-state index contributed by atoms with van der Waals surface area (Å²) in [5.41, 5.74) is 0. The fourth-order valence-electron chi connectivity index (χ4n) is 0.833. The number of hydrogen-bond acceptors (Lipinski definition) is 4. The minimum Gasteiger partial charge on any atom is -0.367 e. The van der Waals surface area contributed by atoms with Crippen LogP contribution in [0.3, 0.4) is 0 Å². The Labute approximate surface area is 90.5 Å². The van der Waals surface area contributed by atoms with E-state index in [0.29, 0.717) is 23.5 Å². The van der Waals surface area contributed by atoms with Crippen molar-refractivity contribution in [3.63, 3.8) is 0 Å². The van der Waals surface area contributed by atoms with Crippen LogP contribution in [-0.2, 0) is 4.79 Å². The van der Waals surface area contributed by atoms with Crippen LogP contribution in [0, 0.1) is 0 Å². The number of amides is 1. The maximum Gasteiger partial charge on any atom is 0.216 e. The van der Waals surface area contributed by atoms with Crippen LogP contribution in [0.5, 0.6) is 0 Å². The number of aromatic nitrogens is 2. The fourth-order valence-corrected chi connectivity index (χ4v) is 1.04. The van der Waals surface area contributed by atoms with Gasteiger partial charge in [-0.15, -0.1) is 0 Å². The third-order valence-corrected chi connectivity index (χ3v) is 1.83. The Morgan fingerprint density at radius 1 is 1.43 bits per heavy atom. The van der Waals surface area contributed by atoms with E-state index in [1.54, 1.807) is 12.4 Å². The Morgan fingerprint density at radius 3 is 2.79 bits per heavy atom. The summed E-state index contributed by atoms with van der Waals surface area (Å²) in [6.45, 7) is 2.70. The van der Waals surface area contributed by atoms with Gasteiger partial charge in [0.25, 0.3) is 0 Å². The van der Waals surface area contributed by atoms with E-state index < -0.39 is 0 Å². The number of rotatable bonds is 4. The van der Waals surface area contributed by atoms with Gasteiger partial charge in [0, 0.05) is 20.0 Å². The van der Waals surface area contributed by atoms with Crippen LogP contribution < -0.4 is 10.6 Å². The standard InChI is InChI=1S/C8H11BrN4O/c1-6(14)10-2-3-11-8-5-12-7(9)4-13-8/h4-5H,2-3H2,1H3,(H,10,14)(H,11,13). The minimum absolute atomic E-state index is 0.0336. The summed E-state index contributed by atoms with van der Waals surface area (Å²) in [7, 11) is 0. The number of nitrogens with one attached hydrogen (secondary N) is 2. The molecule has 0 aromatic carbocycles. The van der Waals surface area contributed by atoms with E-state index in [1.165, 1.54) is 6.92 Å². The molecule has 0 bridgehead atoms. The lowest BCUT2D eigenvalue weighted by atomic mass is 10.5. The quantitative estimate of drug-likeness (QED) is 0.784. The molecule has 1 aromatic rings. The molecule has 76 valence electrons. The molecule has 1 heterocycles. The van der Waals surface area contributed by atoms with E-state index in [1.807, 2.05) is 0 Å². The summed E-state index contributed by atoms with van der Waals surface area (Å²) in [4.78, 5) is 18.6. The van der Waals surface area contributed by atoms with Crippen molar-refractivity contribution in [2.75, 3.05) is 18.4 Å². The summed E-state index contributed by atoms with van der Waals surface area (Å²) >= 11 is 3.19. The molecule has 0 saturated heterocycles. The van der Waals surface area contributed by atoms with Crippen LogP contribution in [0.4, 0.5) is 5.82 Å². The third-order valence-electron chi connectivity index (χ3n) is 1.43. The van der Waals surface area contributed by atoms with Crippen molar-refractivity contribution in [3.8, 4) is 0 Å². The molecule has 0 aliphatic heterocycles. The van der Waals surface area contributed by atoms with Gasteiger partial charge in [-0.3, -0.25) is 4.79 Å². The van der Waals surface area contributed by atoms with Crippen LogP contribution >= 0.6 is 15.9 Å². The van der Waals surface area contributed by atoms with Gasteiger partial charge in [0.15, 0.2) is 0 Å². The molecule has 0 saturated carbocycles. The molecule has 0 atom stereocenters. The zero-order valence-corrected chi connectivity index (χ0v) is 9.34. The molecular weight excluding hydrogens is 248 g/mol. The zero-order chi connectivity index (χ0) is 10.4. The molecular formula is C8H11BrN4O. The maximum absolute atomic E-state index is 10.5. The number of nitrogens with zero attached hydrogens (tertiary/aromatic N) is 2. The highest BCUT2D eigenvalue weighted by molar-refractivity contribution is 9.10. The van der Waals surface area contributed by atoms with E-state index >= 15 is 0 Å². The highest BCUT2D eigenvalue weighted by Crippen LogP contribution is 2.05. The molecule has 1 rings (SSSR count). The van der Waals surface area contributed by atoms with E-state index in [2.05, 4.69) is 36.5 Å². The molecule has 6 heteroatoms.